The lowest BCUT2D eigenvalue weighted by molar-refractivity contribution is 0.215. The summed E-state index contributed by atoms with van der Waals surface area (Å²) in [6.45, 7) is 4.08. The van der Waals surface area contributed by atoms with Crippen molar-refractivity contribution in [2.75, 3.05) is 18.6 Å². The van der Waals surface area contributed by atoms with Gasteiger partial charge in [-0.05, 0) is 32.0 Å². The molecule has 1 aromatic carbocycles. The van der Waals surface area contributed by atoms with Gasteiger partial charge in [0.05, 0.1) is 17.7 Å². The van der Waals surface area contributed by atoms with E-state index in [-0.39, 0.29) is 12.1 Å². The van der Waals surface area contributed by atoms with Crippen LogP contribution in [-0.4, -0.2) is 29.3 Å². The molecule has 0 fully saturated rings. The molecule has 17 heavy (non-hydrogen) atoms. The van der Waals surface area contributed by atoms with Crippen molar-refractivity contribution in [1.29, 1.82) is 0 Å². The normalized spacial score (nSPS) is 11.8. The van der Waals surface area contributed by atoms with Crippen molar-refractivity contribution in [2.24, 2.45) is 0 Å². The van der Waals surface area contributed by atoms with Gasteiger partial charge in [0.25, 0.3) is 0 Å². The van der Waals surface area contributed by atoms with Gasteiger partial charge in [-0.1, -0.05) is 18.2 Å². The molecule has 0 aliphatic rings. The quantitative estimate of drug-likeness (QED) is 0.879. The molecule has 90 valence electrons. The monoisotopic (exact) mass is 230 g/mol. The Morgan fingerprint density at radius 2 is 1.88 bits per heavy atom. The molecule has 0 atom stereocenters. The first-order valence-corrected chi connectivity index (χ1v) is 5.75. The second kappa shape index (κ2) is 4.34. The number of rotatable bonds is 3. The topological polar surface area (TPSA) is 36.4 Å². The van der Waals surface area contributed by atoms with Crippen LogP contribution in [0.4, 0.5) is 5.82 Å². The lowest BCUT2D eigenvalue weighted by Gasteiger charge is -2.34. The van der Waals surface area contributed by atoms with Gasteiger partial charge < -0.3 is 10.0 Å². The average molecular weight is 230 g/mol. The maximum absolute atomic E-state index is 9.37. The molecule has 0 bridgehead atoms. The Morgan fingerprint density at radius 1 is 1.18 bits per heavy atom. The molecule has 0 saturated heterocycles. The van der Waals surface area contributed by atoms with E-state index >= 15 is 0 Å². The highest BCUT2D eigenvalue weighted by Crippen LogP contribution is 2.22. The lowest BCUT2D eigenvalue weighted by atomic mass is 10.1. The van der Waals surface area contributed by atoms with Crippen LogP contribution >= 0.6 is 0 Å². The SMILES string of the molecule is CN(c1ccc2ccccc2n1)C(C)(C)CO. The van der Waals surface area contributed by atoms with E-state index in [0.29, 0.717) is 0 Å². The van der Waals surface area contributed by atoms with Crippen molar-refractivity contribution in [3.05, 3.63) is 36.4 Å². The second-order valence-electron chi connectivity index (χ2n) is 4.89. The number of benzene rings is 1. The number of aliphatic hydroxyl groups excluding tert-OH is 1. The second-order valence-corrected chi connectivity index (χ2v) is 4.89. The number of likely N-dealkylation sites (N-methyl/N-ethyl adjacent to an activating group) is 1. The number of hydrogen-bond acceptors (Lipinski definition) is 3. The first-order valence-electron chi connectivity index (χ1n) is 5.75. The van der Waals surface area contributed by atoms with Gasteiger partial charge in [-0.25, -0.2) is 4.98 Å². The Labute approximate surface area is 102 Å². The summed E-state index contributed by atoms with van der Waals surface area (Å²) in [7, 11) is 1.95. The van der Waals surface area contributed by atoms with Crippen molar-refractivity contribution < 1.29 is 5.11 Å². The van der Waals surface area contributed by atoms with Crippen LogP contribution in [0.3, 0.4) is 0 Å². The number of aromatic nitrogens is 1. The van der Waals surface area contributed by atoms with Crippen LogP contribution in [0.25, 0.3) is 10.9 Å². The summed E-state index contributed by atoms with van der Waals surface area (Å²) >= 11 is 0. The Kier molecular flexibility index (Phi) is 3.03. The third kappa shape index (κ3) is 2.24. The number of aliphatic hydroxyl groups is 1. The van der Waals surface area contributed by atoms with Crippen LogP contribution in [0.5, 0.6) is 0 Å². The van der Waals surface area contributed by atoms with Crippen molar-refractivity contribution in [3.8, 4) is 0 Å². The largest absolute Gasteiger partial charge is 0.394 e. The molecule has 3 nitrogen and oxygen atoms in total. The van der Waals surface area contributed by atoms with Crippen molar-refractivity contribution in [1.82, 2.24) is 4.98 Å². The minimum atomic E-state index is -0.310. The average Bonchev–Trinajstić information content (AvgIpc) is 2.37. The van der Waals surface area contributed by atoms with Gasteiger partial charge in [0.15, 0.2) is 0 Å². The zero-order valence-electron chi connectivity index (χ0n) is 10.5. The number of nitrogens with zero attached hydrogens (tertiary/aromatic N) is 2. The van der Waals surface area contributed by atoms with Crippen LogP contribution in [-0.2, 0) is 0 Å². The number of hydrogen-bond donors (Lipinski definition) is 1. The number of pyridine rings is 1. The minimum absolute atomic E-state index is 0.0952. The highest BCUT2D eigenvalue weighted by molar-refractivity contribution is 5.80. The van der Waals surface area contributed by atoms with E-state index in [2.05, 4.69) is 11.1 Å². The summed E-state index contributed by atoms with van der Waals surface area (Å²) in [6.07, 6.45) is 0. The molecular formula is C14H18N2O. The molecule has 1 N–H and O–H groups in total. The van der Waals surface area contributed by atoms with E-state index in [4.69, 9.17) is 0 Å². The van der Waals surface area contributed by atoms with E-state index in [9.17, 15) is 5.11 Å². The summed E-state index contributed by atoms with van der Waals surface area (Å²) in [5.74, 6) is 0.878. The summed E-state index contributed by atoms with van der Waals surface area (Å²) in [5.41, 5.74) is 0.667. The molecule has 2 aromatic rings. The fraction of sp³-hybridized carbons (Fsp3) is 0.357. The van der Waals surface area contributed by atoms with Crippen molar-refractivity contribution in [2.45, 2.75) is 19.4 Å². The molecule has 0 aliphatic carbocycles. The predicted molar refractivity (Wildman–Crippen MR) is 71.3 cm³/mol. The molecule has 0 saturated carbocycles. The Morgan fingerprint density at radius 3 is 2.59 bits per heavy atom. The van der Waals surface area contributed by atoms with Gasteiger partial charge in [0.2, 0.25) is 0 Å². The molecule has 0 aliphatic heterocycles. The van der Waals surface area contributed by atoms with Crippen LogP contribution in [0.1, 0.15) is 13.8 Å². The van der Waals surface area contributed by atoms with E-state index in [1.165, 1.54) is 0 Å². The molecule has 1 heterocycles. The van der Waals surface area contributed by atoms with Crippen LogP contribution < -0.4 is 4.90 Å². The smallest absolute Gasteiger partial charge is 0.129 e. The van der Waals surface area contributed by atoms with Crippen LogP contribution in [0.15, 0.2) is 36.4 Å². The van der Waals surface area contributed by atoms with Crippen molar-refractivity contribution >= 4 is 16.7 Å². The third-order valence-electron chi connectivity index (χ3n) is 3.22. The Balaban J connectivity index is 2.43. The predicted octanol–water partition coefficient (Wildman–Crippen LogP) is 2.44. The fourth-order valence-electron chi connectivity index (χ4n) is 1.66. The van der Waals surface area contributed by atoms with Crippen LogP contribution in [0.2, 0.25) is 0 Å². The minimum Gasteiger partial charge on any atom is -0.394 e. The molecule has 2 rings (SSSR count). The van der Waals surface area contributed by atoms with Gasteiger partial charge in [-0.3, -0.25) is 0 Å². The molecule has 0 radical (unpaired) electrons. The molecule has 0 amide bonds. The Bertz CT molecular complexity index is 522. The number of para-hydroxylation sites is 1. The summed E-state index contributed by atoms with van der Waals surface area (Å²) in [6, 6.07) is 12.1. The summed E-state index contributed by atoms with van der Waals surface area (Å²) < 4.78 is 0. The van der Waals surface area contributed by atoms with E-state index in [1.807, 2.05) is 56.1 Å². The Hall–Kier alpha value is -1.61. The zero-order valence-corrected chi connectivity index (χ0v) is 10.5. The molecule has 1 aromatic heterocycles. The van der Waals surface area contributed by atoms with Gasteiger partial charge in [-0.2, -0.15) is 0 Å². The van der Waals surface area contributed by atoms with Gasteiger partial charge in [0.1, 0.15) is 5.82 Å². The highest BCUT2D eigenvalue weighted by Gasteiger charge is 2.23. The first kappa shape index (κ1) is 11.9. The van der Waals surface area contributed by atoms with Gasteiger partial charge in [0, 0.05) is 12.4 Å². The van der Waals surface area contributed by atoms with E-state index < -0.39 is 0 Å². The standard InChI is InChI=1S/C14H18N2O/c1-14(2,10-17)16(3)13-9-8-11-6-4-5-7-12(11)15-13/h4-9,17H,10H2,1-3H3. The molecule has 0 unspecified atom stereocenters. The number of anilines is 1. The highest BCUT2D eigenvalue weighted by atomic mass is 16.3. The van der Waals surface area contributed by atoms with Gasteiger partial charge in [-0.15, -0.1) is 0 Å². The van der Waals surface area contributed by atoms with E-state index in [1.54, 1.807) is 0 Å². The maximum Gasteiger partial charge on any atom is 0.129 e. The number of fused-ring (bicyclic) bond motifs is 1. The fourth-order valence-corrected chi connectivity index (χ4v) is 1.66. The van der Waals surface area contributed by atoms with Crippen LogP contribution in [0, 0.1) is 0 Å². The first-order chi connectivity index (χ1) is 8.04. The van der Waals surface area contributed by atoms with Gasteiger partial charge >= 0.3 is 0 Å². The lowest BCUT2D eigenvalue weighted by Crippen LogP contribution is -2.44. The van der Waals surface area contributed by atoms with Crippen molar-refractivity contribution in [3.63, 3.8) is 0 Å². The molecular weight excluding hydrogens is 212 g/mol. The van der Waals surface area contributed by atoms with E-state index in [0.717, 1.165) is 16.7 Å². The molecule has 0 spiro atoms. The summed E-state index contributed by atoms with van der Waals surface area (Å²) in [5, 5.41) is 10.5. The third-order valence-corrected chi connectivity index (χ3v) is 3.22. The maximum atomic E-state index is 9.37. The summed E-state index contributed by atoms with van der Waals surface area (Å²) in [4.78, 5) is 6.60. The molecule has 3 heteroatoms. The zero-order chi connectivity index (χ0) is 12.5.